The molecular weight excluding hydrogens is 522 g/mol. The number of hydrogen-bond donors (Lipinski definition) is 2. The van der Waals surface area contributed by atoms with Gasteiger partial charge in [-0.25, -0.2) is 0 Å². The number of phenolic OH excluding ortho intramolecular Hbond substituents is 1. The molecule has 2 N–H and O–H groups in total. The van der Waals surface area contributed by atoms with Gasteiger partial charge in [-0.2, -0.15) is 4.99 Å². The van der Waals surface area contributed by atoms with Crippen LogP contribution < -0.4 is 10.2 Å². The van der Waals surface area contributed by atoms with Crippen molar-refractivity contribution in [2.24, 2.45) is 4.99 Å². The van der Waals surface area contributed by atoms with Gasteiger partial charge in [0.2, 0.25) is 5.88 Å². The highest BCUT2D eigenvalue weighted by molar-refractivity contribution is 6.01. The van der Waals surface area contributed by atoms with Crippen molar-refractivity contribution >= 4 is 22.3 Å². The lowest BCUT2D eigenvalue weighted by Crippen LogP contribution is -2.54. The van der Waals surface area contributed by atoms with Gasteiger partial charge >= 0.3 is 0 Å². The molecule has 5 heterocycles. The van der Waals surface area contributed by atoms with Crippen LogP contribution >= 0.6 is 0 Å². The highest BCUT2D eigenvalue weighted by Crippen LogP contribution is 2.40. The molecule has 5 aliphatic rings. The molecule has 0 spiro atoms. The Hall–Kier alpha value is -3.03. The summed E-state index contributed by atoms with van der Waals surface area (Å²) in [4.78, 5) is 13.1. The molecule has 42 heavy (non-hydrogen) atoms. The fourth-order valence-corrected chi connectivity index (χ4v) is 8.35. The van der Waals surface area contributed by atoms with Crippen LogP contribution in [0.1, 0.15) is 65.2 Å². The van der Waals surface area contributed by atoms with Crippen molar-refractivity contribution in [2.75, 3.05) is 50.8 Å². The summed E-state index contributed by atoms with van der Waals surface area (Å²) in [5, 5.41) is 16.6. The second kappa shape index (κ2) is 11.6. The zero-order valence-electron chi connectivity index (χ0n) is 25.4. The maximum absolute atomic E-state index is 10.5. The molecule has 7 nitrogen and oxygen atoms in total. The SMILES string of the molecule is CC/C=C(/N=C(\C1=C(C)CN(c2cc(O)cc3ccccc23)CC1)N1CC2CCC(C1)N2)OCC12CCCN1CCC2. The van der Waals surface area contributed by atoms with E-state index in [-0.39, 0.29) is 5.54 Å². The summed E-state index contributed by atoms with van der Waals surface area (Å²) in [5.41, 5.74) is 4.03. The normalized spacial score (nSPS) is 26.4. The predicted octanol–water partition coefficient (Wildman–Crippen LogP) is 5.80. The van der Waals surface area contributed by atoms with Gasteiger partial charge in [0.25, 0.3) is 0 Å². The Kier molecular flexibility index (Phi) is 7.65. The third kappa shape index (κ3) is 5.30. The highest BCUT2D eigenvalue weighted by Gasteiger charge is 2.45. The molecule has 2 aromatic rings. The van der Waals surface area contributed by atoms with Crippen molar-refractivity contribution < 1.29 is 9.84 Å². The number of rotatable bonds is 7. The number of phenols is 1. The van der Waals surface area contributed by atoms with Gasteiger partial charge in [0.15, 0.2) is 0 Å². The minimum Gasteiger partial charge on any atom is -0.508 e. The fourth-order valence-electron chi connectivity index (χ4n) is 8.35. The molecule has 0 aliphatic carbocycles. The lowest BCUT2D eigenvalue weighted by atomic mass is 9.95. The third-order valence-corrected chi connectivity index (χ3v) is 10.4. The molecule has 0 aromatic heterocycles. The number of fused-ring (bicyclic) bond motifs is 4. The first-order chi connectivity index (χ1) is 20.5. The van der Waals surface area contributed by atoms with Crippen molar-refractivity contribution in [3.8, 4) is 5.75 Å². The Morgan fingerprint density at radius 3 is 2.60 bits per heavy atom. The second-order valence-corrected chi connectivity index (χ2v) is 13.3. The Morgan fingerprint density at radius 2 is 1.86 bits per heavy atom. The number of ether oxygens (including phenoxy) is 1. The molecule has 2 bridgehead atoms. The van der Waals surface area contributed by atoms with Gasteiger partial charge in [-0.1, -0.05) is 31.2 Å². The molecule has 7 heteroatoms. The van der Waals surface area contributed by atoms with Crippen LogP contribution in [0.4, 0.5) is 5.69 Å². The van der Waals surface area contributed by atoms with Crippen LogP contribution in [0.3, 0.4) is 0 Å². The lowest BCUT2D eigenvalue weighted by molar-refractivity contribution is 0.0716. The maximum atomic E-state index is 10.5. The molecule has 5 aliphatic heterocycles. The van der Waals surface area contributed by atoms with E-state index >= 15 is 0 Å². The summed E-state index contributed by atoms with van der Waals surface area (Å²) in [6, 6.07) is 13.2. The topological polar surface area (TPSA) is 63.6 Å². The van der Waals surface area contributed by atoms with Crippen molar-refractivity contribution in [2.45, 2.75) is 82.8 Å². The van der Waals surface area contributed by atoms with E-state index in [1.54, 1.807) is 0 Å². The number of nitrogens with one attached hydrogen (secondary N) is 1. The molecule has 2 aromatic carbocycles. The molecule has 4 fully saturated rings. The average molecular weight is 570 g/mol. The van der Waals surface area contributed by atoms with Crippen LogP contribution in [0.25, 0.3) is 10.8 Å². The second-order valence-electron chi connectivity index (χ2n) is 13.3. The lowest BCUT2D eigenvalue weighted by Gasteiger charge is -2.39. The summed E-state index contributed by atoms with van der Waals surface area (Å²) in [5.74, 6) is 2.25. The Bertz CT molecular complexity index is 1390. The zero-order valence-corrected chi connectivity index (χ0v) is 25.4. The first-order valence-corrected chi connectivity index (χ1v) is 16.3. The number of amidine groups is 1. The number of aliphatic imine (C=N–C) groups is 1. The van der Waals surface area contributed by atoms with E-state index < -0.39 is 0 Å². The van der Waals surface area contributed by atoms with Crippen molar-refractivity contribution in [3.05, 3.63) is 59.5 Å². The van der Waals surface area contributed by atoms with E-state index in [1.165, 1.54) is 68.1 Å². The van der Waals surface area contributed by atoms with Gasteiger partial charge in [0, 0.05) is 55.4 Å². The van der Waals surface area contributed by atoms with Crippen molar-refractivity contribution in [1.82, 2.24) is 15.1 Å². The Balaban J connectivity index is 1.20. The zero-order chi connectivity index (χ0) is 28.7. The van der Waals surface area contributed by atoms with Gasteiger partial charge in [-0.05, 0) is 100 Å². The number of likely N-dealkylation sites (tertiary alicyclic amines) is 1. The summed E-state index contributed by atoms with van der Waals surface area (Å²) in [6.45, 7) is 11.4. The number of piperazine rings is 1. The molecule has 0 radical (unpaired) electrons. The van der Waals surface area contributed by atoms with Crippen molar-refractivity contribution in [3.63, 3.8) is 0 Å². The molecule has 4 saturated heterocycles. The minimum absolute atomic E-state index is 0.210. The predicted molar refractivity (Wildman–Crippen MR) is 171 cm³/mol. The average Bonchev–Trinajstić information content (AvgIpc) is 3.67. The van der Waals surface area contributed by atoms with Crippen LogP contribution in [0.15, 0.2) is 64.5 Å². The van der Waals surface area contributed by atoms with Crippen LogP contribution in [0, 0.1) is 0 Å². The molecule has 2 atom stereocenters. The molecular formula is C35H47N5O2. The van der Waals surface area contributed by atoms with E-state index in [4.69, 9.17) is 9.73 Å². The Labute approximate surface area is 250 Å². The van der Waals surface area contributed by atoms with Gasteiger partial charge < -0.3 is 25.0 Å². The molecule has 0 saturated carbocycles. The van der Waals surface area contributed by atoms with E-state index in [2.05, 4.69) is 58.1 Å². The van der Waals surface area contributed by atoms with Crippen LogP contribution in [-0.2, 0) is 4.74 Å². The van der Waals surface area contributed by atoms with Crippen LogP contribution in [0.2, 0.25) is 0 Å². The smallest absolute Gasteiger partial charge is 0.211 e. The number of benzene rings is 2. The summed E-state index contributed by atoms with van der Waals surface area (Å²) in [6.07, 6.45) is 11.6. The molecule has 7 rings (SSSR count). The van der Waals surface area contributed by atoms with Crippen LogP contribution in [0.5, 0.6) is 5.75 Å². The standard InChI is InChI=1S/C35H47N5O2/c1-3-8-33(42-24-35-14-6-16-40(35)17-7-15-35)37-34(39-22-27-11-12-28(23-39)36-27)30-13-18-38(21-25(30)2)32-20-29(41)19-26-9-4-5-10-31(26)32/h4-5,8-10,19-20,27-28,36,41H,3,6-7,11-18,21-24H2,1-2H3/b33-8-,37-34+. The summed E-state index contributed by atoms with van der Waals surface area (Å²) in [7, 11) is 0. The quantitative estimate of drug-likeness (QED) is 0.250. The Morgan fingerprint density at radius 1 is 1.10 bits per heavy atom. The molecule has 0 amide bonds. The number of aromatic hydroxyl groups is 1. The summed E-state index contributed by atoms with van der Waals surface area (Å²) < 4.78 is 6.67. The van der Waals surface area contributed by atoms with Gasteiger partial charge in [-0.15, -0.1) is 0 Å². The number of hydrogen-bond acceptors (Lipinski definition) is 6. The van der Waals surface area contributed by atoms with Crippen molar-refractivity contribution in [1.29, 1.82) is 0 Å². The first-order valence-electron chi connectivity index (χ1n) is 16.3. The highest BCUT2D eigenvalue weighted by atomic mass is 16.5. The number of anilines is 1. The maximum Gasteiger partial charge on any atom is 0.211 e. The van der Waals surface area contributed by atoms with E-state index in [0.717, 1.165) is 68.4 Å². The summed E-state index contributed by atoms with van der Waals surface area (Å²) >= 11 is 0. The molecule has 2 unspecified atom stereocenters. The van der Waals surface area contributed by atoms with Gasteiger partial charge in [0.05, 0.1) is 5.54 Å². The van der Waals surface area contributed by atoms with E-state index in [9.17, 15) is 5.11 Å². The minimum atomic E-state index is 0.210. The number of allylic oxidation sites excluding steroid dienone is 1. The first kappa shape index (κ1) is 27.8. The van der Waals surface area contributed by atoms with Gasteiger partial charge in [0.1, 0.15) is 18.2 Å². The van der Waals surface area contributed by atoms with Crippen LogP contribution in [-0.4, -0.2) is 84.2 Å². The molecule has 224 valence electrons. The monoisotopic (exact) mass is 569 g/mol. The van der Waals surface area contributed by atoms with Gasteiger partial charge in [-0.3, -0.25) is 4.90 Å². The number of nitrogens with zero attached hydrogens (tertiary/aromatic N) is 4. The van der Waals surface area contributed by atoms with E-state index in [1.807, 2.05) is 18.2 Å². The van der Waals surface area contributed by atoms with E-state index in [0.29, 0.717) is 17.8 Å². The fraction of sp³-hybridized carbons (Fsp3) is 0.571. The largest absolute Gasteiger partial charge is 0.508 e. The third-order valence-electron chi connectivity index (χ3n) is 10.4.